The lowest BCUT2D eigenvalue weighted by atomic mass is 10.2. The van der Waals surface area contributed by atoms with Gasteiger partial charge in [0.2, 0.25) is 0 Å². The van der Waals surface area contributed by atoms with Crippen molar-refractivity contribution in [3.05, 3.63) is 63.0 Å². The van der Waals surface area contributed by atoms with Crippen LogP contribution >= 0.6 is 31.9 Å². The molecule has 2 aromatic rings. The van der Waals surface area contributed by atoms with E-state index in [4.69, 9.17) is 5.73 Å². The van der Waals surface area contributed by atoms with Crippen molar-refractivity contribution in [1.29, 1.82) is 0 Å². The molecule has 98 valence electrons. The van der Waals surface area contributed by atoms with E-state index in [0.717, 1.165) is 20.2 Å². The lowest BCUT2D eigenvalue weighted by Gasteiger charge is -2.09. The van der Waals surface area contributed by atoms with Crippen molar-refractivity contribution in [3.8, 4) is 0 Å². The minimum atomic E-state index is 0.386. The number of rotatable bonds is 3. The summed E-state index contributed by atoms with van der Waals surface area (Å²) in [5, 5.41) is 3.08. The maximum atomic E-state index is 5.89. The Balaban J connectivity index is 2.07. The van der Waals surface area contributed by atoms with E-state index in [1.807, 2.05) is 48.5 Å². The van der Waals surface area contributed by atoms with Gasteiger partial charge in [-0.2, -0.15) is 0 Å². The first-order valence-electron chi connectivity index (χ1n) is 5.71. The monoisotopic (exact) mass is 381 g/mol. The first-order valence-corrected chi connectivity index (χ1v) is 7.30. The van der Waals surface area contributed by atoms with Gasteiger partial charge in [0.05, 0.1) is 12.2 Å². The van der Waals surface area contributed by atoms with Gasteiger partial charge in [0.1, 0.15) is 0 Å². The summed E-state index contributed by atoms with van der Waals surface area (Å²) in [5.41, 5.74) is 7.88. The highest BCUT2D eigenvalue weighted by Gasteiger charge is 2.05. The second-order valence-corrected chi connectivity index (χ2v) is 5.62. The quantitative estimate of drug-likeness (QED) is 0.619. The molecular formula is C14H13Br2N3. The Bertz CT molecular complexity index is 562. The van der Waals surface area contributed by atoms with Gasteiger partial charge in [-0.3, -0.25) is 0 Å². The van der Waals surface area contributed by atoms with E-state index in [-0.39, 0.29) is 0 Å². The van der Waals surface area contributed by atoms with Crippen LogP contribution in [0.4, 0.5) is 5.69 Å². The largest absolute Gasteiger partial charge is 0.370 e. The number of guanidine groups is 1. The van der Waals surface area contributed by atoms with E-state index in [0.29, 0.717) is 12.5 Å². The van der Waals surface area contributed by atoms with E-state index < -0.39 is 0 Å². The van der Waals surface area contributed by atoms with Gasteiger partial charge >= 0.3 is 0 Å². The maximum absolute atomic E-state index is 5.89. The van der Waals surface area contributed by atoms with E-state index >= 15 is 0 Å². The zero-order chi connectivity index (χ0) is 13.7. The van der Waals surface area contributed by atoms with Crippen LogP contribution in [0.15, 0.2) is 62.5 Å². The van der Waals surface area contributed by atoms with Gasteiger partial charge in [-0.1, -0.05) is 36.4 Å². The minimum Gasteiger partial charge on any atom is -0.370 e. The van der Waals surface area contributed by atoms with Crippen LogP contribution in [0.2, 0.25) is 0 Å². The zero-order valence-electron chi connectivity index (χ0n) is 10.1. The summed E-state index contributed by atoms with van der Waals surface area (Å²) in [6.07, 6.45) is 0. The molecule has 0 aromatic heterocycles. The number of aliphatic imine (C=N–C) groups is 1. The summed E-state index contributed by atoms with van der Waals surface area (Å²) in [6.45, 7) is 0.557. The first kappa shape index (κ1) is 14.1. The molecule has 0 radical (unpaired) electrons. The predicted octanol–water partition coefficient (Wildman–Crippen LogP) is 4.14. The number of nitrogens with zero attached hydrogens (tertiary/aromatic N) is 1. The van der Waals surface area contributed by atoms with Gasteiger partial charge in [0.25, 0.3) is 0 Å². The van der Waals surface area contributed by atoms with Crippen LogP contribution < -0.4 is 11.1 Å². The minimum absolute atomic E-state index is 0.386. The fourth-order valence-corrected chi connectivity index (χ4v) is 2.74. The zero-order valence-corrected chi connectivity index (χ0v) is 13.3. The average molecular weight is 383 g/mol. The van der Waals surface area contributed by atoms with Crippen LogP contribution in [0.5, 0.6) is 0 Å². The Morgan fingerprint density at radius 2 is 1.63 bits per heavy atom. The van der Waals surface area contributed by atoms with Gasteiger partial charge in [-0.15, -0.1) is 0 Å². The molecule has 0 aliphatic carbocycles. The number of hydrogen-bond donors (Lipinski definition) is 2. The number of para-hydroxylation sites is 1. The molecule has 3 N–H and O–H groups in total. The number of anilines is 1. The van der Waals surface area contributed by atoms with E-state index in [9.17, 15) is 0 Å². The number of benzene rings is 2. The van der Waals surface area contributed by atoms with E-state index in [1.54, 1.807) is 0 Å². The molecule has 0 aliphatic rings. The number of hydrogen-bond acceptors (Lipinski definition) is 1. The molecule has 3 nitrogen and oxygen atoms in total. The fourth-order valence-electron chi connectivity index (χ4n) is 1.54. The van der Waals surface area contributed by atoms with Crippen LogP contribution in [-0.4, -0.2) is 5.96 Å². The molecule has 0 amide bonds. The van der Waals surface area contributed by atoms with Crippen molar-refractivity contribution in [1.82, 2.24) is 0 Å². The van der Waals surface area contributed by atoms with Crippen molar-refractivity contribution in [2.75, 3.05) is 5.32 Å². The van der Waals surface area contributed by atoms with Crippen molar-refractivity contribution in [3.63, 3.8) is 0 Å². The molecule has 0 spiro atoms. The molecule has 5 heteroatoms. The Morgan fingerprint density at radius 3 is 2.26 bits per heavy atom. The van der Waals surface area contributed by atoms with Crippen LogP contribution in [0.3, 0.4) is 0 Å². The third kappa shape index (κ3) is 4.08. The smallest absolute Gasteiger partial charge is 0.193 e. The summed E-state index contributed by atoms with van der Waals surface area (Å²) < 4.78 is 1.86. The van der Waals surface area contributed by atoms with Gasteiger partial charge in [-0.25, -0.2) is 4.99 Å². The van der Waals surface area contributed by atoms with E-state index in [1.165, 1.54) is 0 Å². The topological polar surface area (TPSA) is 50.4 Å². The average Bonchev–Trinajstić information content (AvgIpc) is 2.42. The molecule has 0 fully saturated rings. The Labute approximate surface area is 129 Å². The molecule has 2 aromatic carbocycles. The lowest BCUT2D eigenvalue weighted by molar-refractivity contribution is 1.06. The molecule has 0 saturated heterocycles. The molecule has 0 aliphatic heterocycles. The van der Waals surface area contributed by atoms with Gasteiger partial charge < -0.3 is 11.1 Å². The molecule has 0 unspecified atom stereocenters. The van der Waals surface area contributed by atoms with Crippen LogP contribution in [0, 0.1) is 0 Å². The molecular weight excluding hydrogens is 370 g/mol. The molecule has 0 saturated carbocycles. The first-order chi connectivity index (χ1) is 9.16. The molecule has 2 rings (SSSR count). The number of halogens is 2. The second kappa shape index (κ2) is 6.73. The summed E-state index contributed by atoms with van der Waals surface area (Å²) >= 11 is 6.94. The highest BCUT2D eigenvalue weighted by atomic mass is 79.9. The SMILES string of the molecule is NC(=NCc1ccccc1)Nc1c(Br)cccc1Br. The number of nitrogens with two attached hydrogens (primary N) is 1. The molecule has 0 bridgehead atoms. The van der Waals surface area contributed by atoms with Crippen LogP contribution in [0.25, 0.3) is 0 Å². The highest BCUT2D eigenvalue weighted by molar-refractivity contribution is 9.11. The Kier molecular flexibility index (Phi) is 4.99. The lowest BCUT2D eigenvalue weighted by Crippen LogP contribution is -2.23. The van der Waals surface area contributed by atoms with Crippen molar-refractivity contribution >= 4 is 43.5 Å². The third-order valence-corrected chi connectivity index (χ3v) is 3.81. The van der Waals surface area contributed by atoms with Crippen molar-refractivity contribution in [2.45, 2.75) is 6.54 Å². The third-order valence-electron chi connectivity index (χ3n) is 2.49. The molecule has 0 atom stereocenters. The summed E-state index contributed by atoms with van der Waals surface area (Å²) in [4.78, 5) is 4.31. The summed E-state index contributed by atoms with van der Waals surface area (Å²) in [5.74, 6) is 0.386. The highest BCUT2D eigenvalue weighted by Crippen LogP contribution is 2.30. The van der Waals surface area contributed by atoms with Gasteiger partial charge in [0.15, 0.2) is 5.96 Å². The van der Waals surface area contributed by atoms with E-state index in [2.05, 4.69) is 42.2 Å². The van der Waals surface area contributed by atoms with Gasteiger partial charge in [0, 0.05) is 8.95 Å². The number of nitrogens with one attached hydrogen (secondary N) is 1. The van der Waals surface area contributed by atoms with Crippen LogP contribution in [-0.2, 0) is 6.54 Å². The standard InChI is InChI=1S/C14H13Br2N3/c15-11-7-4-8-12(16)13(11)19-14(17)18-9-10-5-2-1-3-6-10/h1-8H,9H2,(H3,17,18,19). The Hall–Kier alpha value is -1.33. The Morgan fingerprint density at radius 1 is 1.00 bits per heavy atom. The van der Waals surface area contributed by atoms with Gasteiger partial charge in [-0.05, 0) is 49.6 Å². The fraction of sp³-hybridized carbons (Fsp3) is 0.0714. The summed E-state index contributed by atoms with van der Waals surface area (Å²) in [6, 6.07) is 15.8. The normalized spacial score (nSPS) is 11.4. The predicted molar refractivity (Wildman–Crippen MR) is 87.2 cm³/mol. The van der Waals surface area contributed by atoms with Crippen molar-refractivity contribution in [2.24, 2.45) is 10.7 Å². The molecule has 0 heterocycles. The maximum Gasteiger partial charge on any atom is 0.193 e. The van der Waals surface area contributed by atoms with Crippen LogP contribution in [0.1, 0.15) is 5.56 Å². The molecule has 19 heavy (non-hydrogen) atoms. The van der Waals surface area contributed by atoms with Crippen molar-refractivity contribution < 1.29 is 0 Å². The second-order valence-electron chi connectivity index (χ2n) is 3.91. The summed E-state index contributed by atoms with van der Waals surface area (Å²) in [7, 11) is 0.